The number of ether oxygens (including phenoxy) is 3. The van der Waals surface area contributed by atoms with Crippen LogP contribution in [0.5, 0.6) is 17.4 Å². The van der Waals surface area contributed by atoms with Gasteiger partial charge in [0.05, 0.1) is 26.1 Å². The number of rotatable bonds is 7. The van der Waals surface area contributed by atoms with Crippen molar-refractivity contribution in [2.24, 2.45) is 0 Å². The van der Waals surface area contributed by atoms with Gasteiger partial charge < -0.3 is 19.5 Å². The second-order valence-electron chi connectivity index (χ2n) is 6.11. The normalized spacial score (nSPS) is 10.1. The number of hydrogen-bond donors (Lipinski definition) is 2. The van der Waals surface area contributed by atoms with Gasteiger partial charge in [0.25, 0.3) is 5.91 Å². The molecule has 0 radical (unpaired) electrons. The molecular weight excluding hydrogens is 386 g/mol. The van der Waals surface area contributed by atoms with Gasteiger partial charge in [0.1, 0.15) is 23.7 Å². The van der Waals surface area contributed by atoms with E-state index in [1.807, 2.05) is 30.3 Å². The van der Waals surface area contributed by atoms with Crippen LogP contribution in [0.4, 0.5) is 10.5 Å². The molecule has 0 bridgehead atoms. The summed E-state index contributed by atoms with van der Waals surface area (Å²) in [4.78, 5) is 28.9. The number of hydrogen-bond acceptors (Lipinski definition) is 6. The lowest BCUT2D eigenvalue weighted by molar-refractivity contribution is 0.0961. The zero-order chi connectivity index (χ0) is 21.3. The summed E-state index contributed by atoms with van der Waals surface area (Å²) in [5.74, 6) is 0.347. The molecule has 1 heterocycles. The minimum atomic E-state index is -0.715. The SMILES string of the molecule is COc1cccc(OC)c1C(=O)NC(=O)Nc1ccc(OCc2ccccc2)nc1. The van der Waals surface area contributed by atoms with Gasteiger partial charge in [-0.15, -0.1) is 0 Å². The second kappa shape index (κ2) is 9.92. The van der Waals surface area contributed by atoms with E-state index in [0.29, 0.717) is 29.7 Å². The molecule has 3 amide bonds. The first kappa shape index (κ1) is 20.7. The maximum atomic E-state index is 12.5. The first-order chi connectivity index (χ1) is 14.6. The fraction of sp³-hybridized carbons (Fsp3) is 0.136. The van der Waals surface area contributed by atoms with Crippen molar-refractivity contribution in [1.82, 2.24) is 10.3 Å². The molecule has 0 aliphatic rings. The van der Waals surface area contributed by atoms with Crippen molar-refractivity contribution >= 4 is 17.6 Å². The number of nitrogens with one attached hydrogen (secondary N) is 2. The molecular formula is C22H21N3O5. The highest BCUT2D eigenvalue weighted by atomic mass is 16.5. The van der Waals surface area contributed by atoms with Crippen LogP contribution in [0.3, 0.4) is 0 Å². The molecule has 1 aromatic heterocycles. The van der Waals surface area contributed by atoms with Crippen LogP contribution < -0.4 is 24.8 Å². The monoisotopic (exact) mass is 407 g/mol. The number of urea groups is 1. The summed E-state index contributed by atoms with van der Waals surface area (Å²) in [7, 11) is 2.86. The van der Waals surface area contributed by atoms with Crippen molar-refractivity contribution in [3.8, 4) is 17.4 Å². The van der Waals surface area contributed by atoms with Gasteiger partial charge in [0, 0.05) is 6.07 Å². The minimum absolute atomic E-state index is 0.125. The molecule has 0 unspecified atom stereocenters. The van der Waals surface area contributed by atoms with Crippen molar-refractivity contribution < 1.29 is 23.8 Å². The lowest BCUT2D eigenvalue weighted by Gasteiger charge is -2.13. The van der Waals surface area contributed by atoms with Gasteiger partial charge in [-0.2, -0.15) is 0 Å². The van der Waals surface area contributed by atoms with Gasteiger partial charge >= 0.3 is 6.03 Å². The third-order valence-corrected chi connectivity index (χ3v) is 4.11. The van der Waals surface area contributed by atoms with Crippen LogP contribution in [0, 0.1) is 0 Å². The van der Waals surface area contributed by atoms with E-state index in [0.717, 1.165) is 5.56 Å². The van der Waals surface area contributed by atoms with Crippen molar-refractivity contribution in [2.45, 2.75) is 6.61 Å². The summed E-state index contributed by atoms with van der Waals surface area (Å²) in [5, 5.41) is 4.80. The summed E-state index contributed by atoms with van der Waals surface area (Å²) >= 11 is 0. The van der Waals surface area contributed by atoms with E-state index in [4.69, 9.17) is 14.2 Å². The number of benzene rings is 2. The summed E-state index contributed by atoms with van der Waals surface area (Å²) in [6.07, 6.45) is 1.44. The average molecular weight is 407 g/mol. The van der Waals surface area contributed by atoms with E-state index in [1.54, 1.807) is 30.3 Å². The fourth-order valence-electron chi connectivity index (χ4n) is 2.67. The van der Waals surface area contributed by atoms with Gasteiger partial charge in [-0.25, -0.2) is 9.78 Å². The van der Waals surface area contributed by atoms with Crippen molar-refractivity contribution in [3.63, 3.8) is 0 Å². The molecule has 3 aromatic rings. The molecule has 154 valence electrons. The third-order valence-electron chi connectivity index (χ3n) is 4.11. The Hall–Kier alpha value is -4.07. The average Bonchev–Trinajstić information content (AvgIpc) is 2.78. The molecule has 2 N–H and O–H groups in total. The molecule has 2 aromatic carbocycles. The molecule has 0 aliphatic heterocycles. The highest BCUT2D eigenvalue weighted by Crippen LogP contribution is 2.28. The van der Waals surface area contributed by atoms with Crippen LogP contribution in [0.25, 0.3) is 0 Å². The van der Waals surface area contributed by atoms with Crippen LogP contribution in [0.1, 0.15) is 15.9 Å². The standard InChI is InChI=1S/C22H21N3O5/c1-28-17-9-6-10-18(29-2)20(17)21(26)25-22(27)24-16-11-12-19(23-13-16)30-14-15-7-4-3-5-8-15/h3-13H,14H2,1-2H3,(H2,24,25,26,27). The van der Waals surface area contributed by atoms with Gasteiger partial charge in [-0.1, -0.05) is 36.4 Å². The van der Waals surface area contributed by atoms with Crippen LogP contribution in [-0.4, -0.2) is 31.1 Å². The molecule has 30 heavy (non-hydrogen) atoms. The topological polar surface area (TPSA) is 98.8 Å². The van der Waals surface area contributed by atoms with E-state index in [9.17, 15) is 9.59 Å². The zero-order valence-corrected chi connectivity index (χ0v) is 16.5. The summed E-state index contributed by atoms with van der Waals surface area (Å²) < 4.78 is 16.0. The highest BCUT2D eigenvalue weighted by Gasteiger charge is 2.20. The maximum absolute atomic E-state index is 12.5. The van der Waals surface area contributed by atoms with E-state index >= 15 is 0 Å². The third kappa shape index (κ3) is 5.26. The van der Waals surface area contributed by atoms with Gasteiger partial charge in [-0.3, -0.25) is 10.1 Å². The van der Waals surface area contributed by atoms with Gasteiger partial charge in [-0.05, 0) is 23.8 Å². The molecule has 8 nitrogen and oxygen atoms in total. The Morgan fingerprint density at radius 2 is 1.60 bits per heavy atom. The van der Waals surface area contributed by atoms with E-state index in [1.165, 1.54) is 20.4 Å². The number of anilines is 1. The van der Waals surface area contributed by atoms with Crippen LogP contribution in [0.2, 0.25) is 0 Å². The lowest BCUT2D eigenvalue weighted by atomic mass is 10.1. The smallest absolute Gasteiger partial charge is 0.326 e. The van der Waals surface area contributed by atoms with Gasteiger partial charge in [0.15, 0.2) is 0 Å². The van der Waals surface area contributed by atoms with Crippen molar-refractivity contribution in [2.75, 3.05) is 19.5 Å². The second-order valence-corrected chi connectivity index (χ2v) is 6.11. The fourth-order valence-corrected chi connectivity index (χ4v) is 2.67. The van der Waals surface area contributed by atoms with Crippen LogP contribution in [0.15, 0.2) is 66.9 Å². The first-order valence-corrected chi connectivity index (χ1v) is 9.07. The quantitative estimate of drug-likeness (QED) is 0.620. The Balaban J connectivity index is 1.58. The largest absolute Gasteiger partial charge is 0.496 e. The Kier molecular flexibility index (Phi) is 6.83. The number of imide groups is 1. The Labute approximate surface area is 173 Å². The number of amides is 3. The van der Waals surface area contributed by atoms with Crippen LogP contribution >= 0.6 is 0 Å². The van der Waals surface area contributed by atoms with Crippen LogP contribution in [-0.2, 0) is 6.61 Å². The molecule has 0 saturated carbocycles. The predicted octanol–water partition coefficient (Wildman–Crippen LogP) is 3.64. The van der Waals surface area contributed by atoms with E-state index < -0.39 is 11.9 Å². The number of nitrogens with zero attached hydrogens (tertiary/aromatic N) is 1. The molecule has 0 spiro atoms. The number of carbonyl (C=O) groups is 2. The van der Waals surface area contributed by atoms with E-state index in [-0.39, 0.29) is 5.56 Å². The summed E-state index contributed by atoms with van der Waals surface area (Å²) in [6.45, 7) is 0.385. The number of aromatic nitrogens is 1. The Morgan fingerprint density at radius 1 is 0.900 bits per heavy atom. The minimum Gasteiger partial charge on any atom is -0.496 e. The molecule has 3 rings (SSSR count). The molecule has 0 aliphatic carbocycles. The number of methoxy groups -OCH3 is 2. The molecule has 8 heteroatoms. The van der Waals surface area contributed by atoms with E-state index in [2.05, 4.69) is 15.6 Å². The highest BCUT2D eigenvalue weighted by molar-refractivity contribution is 6.10. The first-order valence-electron chi connectivity index (χ1n) is 9.07. The molecule has 0 fully saturated rings. The predicted molar refractivity (Wildman–Crippen MR) is 111 cm³/mol. The lowest BCUT2D eigenvalue weighted by Crippen LogP contribution is -2.34. The van der Waals surface area contributed by atoms with Crippen molar-refractivity contribution in [3.05, 3.63) is 78.0 Å². The maximum Gasteiger partial charge on any atom is 0.326 e. The van der Waals surface area contributed by atoms with Gasteiger partial charge in [0.2, 0.25) is 5.88 Å². The Morgan fingerprint density at radius 3 is 2.20 bits per heavy atom. The summed E-state index contributed by atoms with van der Waals surface area (Å²) in [5.41, 5.74) is 1.55. The zero-order valence-electron chi connectivity index (χ0n) is 16.5. The molecule has 0 saturated heterocycles. The van der Waals surface area contributed by atoms with Crippen molar-refractivity contribution in [1.29, 1.82) is 0 Å². The number of pyridine rings is 1. The number of carbonyl (C=O) groups excluding carboxylic acids is 2. The summed E-state index contributed by atoms with van der Waals surface area (Å²) in [6, 6.07) is 17.1. The Bertz CT molecular complexity index is 985. The molecule has 0 atom stereocenters.